The second-order valence-electron chi connectivity index (χ2n) is 6.97. The predicted octanol–water partition coefficient (Wildman–Crippen LogP) is 2.18. The highest BCUT2D eigenvalue weighted by molar-refractivity contribution is 6.00. The summed E-state index contributed by atoms with van der Waals surface area (Å²) in [6, 6.07) is 8.79. The largest absolute Gasteiger partial charge is 0.471 e. The third kappa shape index (κ3) is 4.66. The van der Waals surface area contributed by atoms with Crippen molar-refractivity contribution in [1.82, 2.24) is 20.4 Å². The molecule has 1 aliphatic rings. The van der Waals surface area contributed by atoms with Crippen LogP contribution in [0.3, 0.4) is 0 Å². The van der Waals surface area contributed by atoms with E-state index in [2.05, 4.69) is 26.5 Å². The van der Waals surface area contributed by atoms with Gasteiger partial charge in [-0.05, 0) is 19.1 Å². The summed E-state index contributed by atoms with van der Waals surface area (Å²) >= 11 is 0. The molecule has 0 saturated carbocycles. The number of ether oxygens (including phenoxy) is 2. The first-order chi connectivity index (χ1) is 15.5. The van der Waals surface area contributed by atoms with Crippen molar-refractivity contribution >= 4 is 11.7 Å². The van der Waals surface area contributed by atoms with Crippen LogP contribution in [0.5, 0.6) is 5.88 Å². The molecule has 164 valence electrons. The fraction of sp³-hybridized carbons (Fsp3) is 0.286. The van der Waals surface area contributed by atoms with Gasteiger partial charge in [0.25, 0.3) is 5.91 Å². The minimum absolute atomic E-state index is 0.00441. The lowest BCUT2D eigenvalue weighted by Crippen LogP contribution is -2.28. The lowest BCUT2D eigenvalue weighted by Gasteiger charge is -2.17. The van der Waals surface area contributed by atoms with Crippen molar-refractivity contribution < 1.29 is 23.5 Å². The van der Waals surface area contributed by atoms with Gasteiger partial charge in [0.1, 0.15) is 23.7 Å². The number of benzene rings is 1. The number of oxazole rings is 1. The molecule has 3 heterocycles. The molecule has 1 aromatic carbocycles. The summed E-state index contributed by atoms with van der Waals surface area (Å²) in [6.45, 7) is 2.56. The molecular weight excluding hydrogens is 416 g/mol. The Labute approximate surface area is 183 Å². The number of aromatic nitrogens is 3. The van der Waals surface area contributed by atoms with Gasteiger partial charge in [-0.1, -0.05) is 12.1 Å². The zero-order valence-electron chi connectivity index (χ0n) is 17.1. The SMILES string of the molecule is C[C@H](ONC(=O)c1c(N)nc(-c2cccc(C#N)c2)nc1O[C@H]1CCOC1)c1ncco1. The number of carbonyl (C=O) groups is 1. The molecule has 1 fully saturated rings. The van der Waals surface area contributed by atoms with Crippen LogP contribution in [-0.2, 0) is 9.57 Å². The first-order valence-electron chi connectivity index (χ1n) is 9.83. The molecule has 11 heteroatoms. The molecular formula is C21H20N6O5. The van der Waals surface area contributed by atoms with Gasteiger partial charge in [0, 0.05) is 12.0 Å². The summed E-state index contributed by atoms with van der Waals surface area (Å²) in [5.74, 6) is -0.278. The van der Waals surface area contributed by atoms with Crippen LogP contribution in [0, 0.1) is 11.3 Å². The zero-order chi connectivity index (χ0) is 22.5. The van der Waals surface area contributed by atoms with E-state index in [0.717, 1.165) is 0 Å². The van der Waals surface area contributed by atoms with Crippen molar-refractivity contribution in [2.75, 3.05) is 18.9 Å². The molecule has 1 amide bonds. The Morgan fingerprint density at radius 3 is 3.00 bits per heavy atom. The second kappa shape index (κ2) is 9.42. The minimum Gasteiger partial charge on any atom is -0.471 e. The molecule has 0 radical (unpaired) electrons. The van der Waals surface area contributed by atoms with Crippen LogP contribution in [0.4, 0.5) is 5.82 Å². The highest BCUT2D eigenvalue weighted by atomic mass is 16.7. The lowest BCUT2D eigenvalue weighted by molar-refractivity contribution is -0.0201. The van der Waals surface area contributed by atoms with Crippen molar-refractivity contribution in [3.8, 4) is 23.3 Å². The number of hydroxylamine groups is 1. The number of anilines is 1. The van der Waals surface area contributed by atoms with Crippen molar-refractivity contribution in [1.29, 1.82) is 5.26 Å². The van der Waals surface area contributed by atoms with Gasteiger partial charge < -0.3 is 19.6 Å². The van der Waals surface area contributed by atoms with Gasteiger partial charge in [0.05, 0.1) is 31.0 Å². The highest BCUT2D eigenvalue weighted by Crippen LogP contribution is 2.28. The second-order valence-corrected chi connectivity index (χ2v) is 6.97. The molecule has 0 spiro atoms. The number of nitrogens with one attached hydrogen (secondary N) is 1. The number of rotatable bonds is 7. The van der Waals surface area contributed by atoms with Gasteiger partial charge >= 0.3 is 0 Å². The van der Waals surface area contributed by atoms with Crippen molar-refractivity contribution in [2.24, 2.45) is 0 Å². The maximum atomic E-state index is 12.9. The fourth-order valence-corrected chi connectivity index (χ4v) is 3.05. The molecule has 3 N–H and O–H groups in total. The third-order valence-corrected chi connectivity index (χ3v) is 4.67. The van der Waals surface area contributed by atoms with Crippen LogP contribution in [0.25, 0.3) is 11.4 Å². The Balaban J connectivity index is 1.63. The molecule has 0 unspecified atom stereocenters. The molecule has 2 atom stereocenters. The average Bonchev–Trinajstić information content (AvgIpc) is 3.51. The Hall–Kier alpha value is -4.01. The molecule has 0 aliphatic carbocycles. The van der Waals surface area contributed by atoms with Crippen molar-refractivity contribution in [2.45, 2.75) is 25.6 Å². The van der Waals surface area contributed by atoms with Gasteiger partial charge in [0.15, 0.2) is 11.9 Å². The number of nitriles is 1. The number of amides is 1. The quantitative estimate of drug-likeness (QED) is 0.526. The van der Waals surface area contributed by atoms with Crippen LogP contribution in [0.2, 0.25) is 0 Å². The normalized spacial score (nSPS) is 16.3. The maximum Gasteiger partial charge on any atom is 0.284 e. The molecule has 0 bridgehead atoms. The van der Waals surface area contributed by atoms with Crippen LogP contribution in [-0.4, -0.2) is 40.2 Å². The van der Waals surface area contributed by atoms with E-state index in [1.165, 1.54) is 12.5 Å². The van der Waals surface area contributed by atoms with Crippen molar-refractivity contribution in [3.63, 3.8) is 0 Å². The number of hydrogen-bond donors (Lipinski definition) is 2. The summed E-state index contributed by atoms with van der Waals surface area (Å²) in [5, 5.41) is 9.17. The zero-order valence-corrected chi connectivity index (χ0v) is 17.1. The van der Waals surface area contributed by atoms with Gasteiger partial charge in [-0.2, -0.15) is 10.2 Å². The number of carbonyl (C=O) groups excluding carboxylic acids is 1. The van der Waals surface area contributed by atoms with Crippen molar-refractivity contribution in [3.05, 3.63) is 53.7 Å². The summed E-state index contributed by atoms with van der Waals surface area (Å²) < 4.78 is 16.4. The lowest BCUT2D eigenvalue weighted by atomic mass is 10.1. The summed E-state index contributed by atoms with van der Waals surface area (Å²) in [7, 11) is 0. The monoisotopic (exact) mass is 436 g/mol. The van der Waals surface area contributed by atoms with E-state index in [9.17, 15) is 4.79 Å². The molecule has 3 aromatic rings. The maximum absolute atomic E-state index is 12.9. The number of hydrogen-bond acceptors (Lipinski definition) is 10. The van der Waals surface area contributed by atoms with E-state index in [0.29, 0.717) is 36.7 Å². The number of nitrogens with zero attached hydrogens (tertiary/aromatic N) is 4. The Kier molecular flexibility index (Phi) is 6.25. The average molecular weight is 436 g/mol. The van der Waals surface area contributed by atoms with E-state index in [4.69, 9.17) is 29.7 Å². The standard InChI is InChI=1S/C21H20N6O5/c1-12(20-24-6-8-30-20)32-27-19(28)16-17(23)25-18(14-4-2-3-13(9-14)10-22)26-21(16)31-15-5-7-29-11-15/h2-4,6,8-9,12,15H,5,7,11H2,1H3,(H,27,28)(H2,23,25,26)/t12-,15-/m0/s1. The van der Waals surface area contributed by atoms with E-state index in [1.54, 1.807) is 31.2 Å². The smallest absolute Gasteiger partial charge is 0.284 e. The van der Waals surface area contributed by atoms with Gasteiger partial charge in [-0.15, -0.1) is 0 Å². The first kappa shape index (κ1) is 21.2. The van der Waals surface area contributed by atoms with E-state index in [1.807, 2.05) is 0 Å². The van der Waals surface area contributed by atoms with Crippen LogP contribution < -0.4 is 16.0 Å². The molecule has 11 nitrogen and oxygen atoms in total. The Bertz CT molecular complexity index is 1140. The Morgan fingerprint density at radius 1 is 1.41 bits per heavy atom. The Morgan fingerprint density at radius 2 is 2.28 bits per heavy atom. The molecule has 1 saturated heterocycles. The molecule has 1 aliphatic heterocycles. The predicted molar refractivity (Wildman–Crippen MR) is 110 cm³/mol. The van der Waals surface area contributed by atoms with E-state index < -0.39 is 12.0 Å². The summed E-state index contributed by atoms with van der Waals surface area (Å²) in [4.78, 5) is 30.9. The number of nitrogen functional groups attached to an aromatic ring is 1. The van der Waals surface area contributed by atoms with Crippen LogP contribution in [0.15, 0.2) is 41.1 Å². The topological polar surface area (TPSA) is 158 Å². The molecule has 32 heavy (non-hydrogen) atoms. The first-order valence-corrected chi connectivity index (χ1v) is 9.83. The molecule has 2 aromatic heterocycles. The third-order valence-electron chi connectivity index (χ3n) is 4.67. The van der Waals surface area contributed by atoms with E-state index in [-0.39, 0.29) is 29.2 Å². The van der Waals surface area contributed by atoms with Gasteiger partial charge in [0.2, 0.25) is 11.8 Å². The van der Waals surface area contributed by atoms with Crippen LogP contribution >= 0.6 is 0 Å². The number of nitrogens with two attached hydrogens (primary N) is 1. The fourth-order valence-electron chi connectivity index (χ4n) is 3.05. The summed E-state index contributed by atoms with van der Waals surface area (Å²) in [5.41, 5.74) is 9.37. The van der Waals surface area contributed by atoms with Gasteiger partial charge in [-0.3, -0.25) is 9.63 Å². The summed E-state index contributed by atoms with van der Waals surface area (Å²) in [6.07, 6.45) is 2.58. The van der Waals surface area contributed by atoms with E-state index >= 15 is 0 Å². The van der Waals surface area contributed by atoms with Crippen LogP contribution in [0.1, 0.15) is 41.3 Å². The molecule has 4 rings (SSSR count). The minimum atomic E-state index is -0.688. The van der Waals surface area contributed by atoms with Gasteiger partial charge in [-0.25, -0.2) is 15.4 Å². The highest BCUT2D eigenvalue weighted by Gasteiger charge is 2.27.